The largest absolute Gasteiger partial charge is 0.573 e. The van der Waals surface area contributed by atoms with E-state index >= 15 is 0 Å². The lowest BCUT2D eigenvalue weighted by molar-refractivity contribution is -0.275. The molecule has 0 amide bonds. The highest BCUT2D eigenvalue weighted by molar-refractivity contribution is 6.17. The van der Waals surface area contributed by atoms with Gasteiger partial charge in [-0.3, -0.25) is 0 Å². The van der Waals surface area contributed by atoms with Crippen molar-refractivity contribution >= 4 is 11.6 Å². The summed E-state index contributed by atoms with van der Waals surface area (Å²) >= 11 is 5.52. The fourth-order valence-electron chi connectivity index (χ4n) is 1.20. The first kappa shape index (κ1) is 13.9. The maximum atomic E-state index is 12.2. The fraction of sp³-hybridized carbons (Fsp3) is 0.444. The second kappa shape index (κ2) is 5.42. The lowest BCUT2D eigenvalue weighted by atomic mass is 10.1. The molecule has 17 heavy (non-hydrogen) atoms. The molecule has 0 unspecified atom stereocenters. The van der Waals surface area contributed by atoms with Crippen molar-refractivity contribution in [2.45, 2.75) is 18.8 Å². The molecule has 1 heterocycles. The van der Waals surface area contributed by atoms with Crippen LogP contribution in [0.5, 0.6) is 11.6 Å². The summed E-state index contributed by atoms with van der Waals surface area (Å²) in [6.07, 6.45) is -3.68. The number of hydrogen-bond donors (Lipinski definition) is 1. The molecular weight excluding hydrogens is 263 g/mol. The van der Waals surface area contributed by atoms with Gasteiger partial charge >= 0.3 is 6.36 Å². The van der Waals surface area contributed by atoms with Crippen molar-refractivity contribution in [2.24, 2.45) is 0 Å². The number of alkyl halides is 4. The van der Waals surface area contributed by atoms with Gasteiger partial charge < -0.3 is 14.6 Å². The number of ether oxygens (including phenoxy) is 2. The Morgan fingerprint density at radius 3 is 2.53 bits per heavy atom. The van der Waals surface area contributed by atoms with E-state index in [1.807, 2.05) is 0 Å². The van der Waals surface area contributed by atoms with Crippen LogP contribution in [0.25, 0.3) is 0 Å². The van der Waals surface area contributed by atoms with E-state index in [1.54, 1.807) is 0 Å². The van der Waals surface area contributed by atoms with Crippen LogP contribution >= 0.6 is 11.6 Å². The standard InChI is InChI=1S/C9H9ClF3NO3/c1-16-8-7(17-9(11,12)13)6(4-15)5(2-10)3-14-8/h3,15H,2,4H2,1H3. The molecule has 8 heteroatoms. The zero-order valence-corrected chi connectivity index (χ0v) is 9.47. The first-order valence-corrected chi connectivity index (χ1v) is 4.93. The van der Waals surface area contributed by atoms with Gasteiger partial charge in [-0.15, -0.1) is 24.8 Å². The molecule has 1 aromatic rings. The molecule has 0 atom stereocenters. The summed E-state index contributed by atoms with van der Waals surface area (Å²) in [5, 5.41) is 9.06. The van der Waals surface area contributed by atoms with E-state index in [0.717, 1.165) is 7.11 Å². The highest BCUT2D eigenvalue weighted by Crippen LogP contribution is 2.36. The van der Waals surface area contributed by atoms with E-state index in [4.69, 9.17) is 16.7 Å². The summed E-state index contributed by atoms with van der Waals surface area (Å²) in [4.78, 5) is 3.62. The zero-order valence-electron chi connectivity index (χ0n) is 8.71. The highest BCUT2D eigenvalue weighted by Gasteiger charge is 2.34. The minimum absolute atomic E-state index is 0.0934. The molecule has 1 rings (SSSR count). The van der Waals surface area contributed by atoms with Crippen LogP contribution in [0.2, 0.25) is 0 Å². The van der Waals surface area contributed by atoms with E-state index < -0.39 is 18.7 Å². The number of hydrogen-bond acceptors (Lipinski definition) is 4. The van der Waals surface area contributed by atoms with Crippen LogP contribution in [0.15, 0.2) is 6.20 Å². The maximum Gasteiger partial charge on any atom is 0.573 e. The Labute approximate surface area is 99.9 Å². The van der Waals surface area contributed by atoms with Crippen LogP contribution in [-0.2, 0) is 12.5 Å². The van der Waals surface area contributed by atoms with Gasteiger partial charge in [0.2, 0.25) is 0 Å². The number of nitrogens with zero attached hydrogens (tertiary/aromatic N) is 1. The molecule has 0 aliphatic rings. The molecule has 1 N–H and O–H groups in total. The molecule has 96 valence electrons. The smallest absolute Gasteiger partial charge is 0.478 e. The quantitative estimate of drug-likeness (QED) is 0.853. The van der Waals surface area contributed by atoms with Gasteiger partial charge in [-0.05, 0) is 5.56 Å². The van der Waals surface area contributed by atoms with Gasteiger partial charge in [0.1, 0.15) is 0 Å². The Morgan fingerprint density at radius 1 is 1.47 bits per heavy atom. The van der Waals surface area contributed by atoms with E-state index in [-0.39, 0.29) is 22.9 Å². The number of aromatic nitrogens is 1. The molecule has 0 aliphatic heterocycles. The average Bonchev–Trinajstić information content (AvgIpc) is 2.26. The third-order valence-electron chi connectivity index (χ3n) is 1.91. The lowest BCUT2D eigenvalue weighted by Gasteiger charge is -2.16. The molecule has 0 fully saturated rings. The van der Waals surface area contributed by atoms with Crippen LogP contribution in [0, 0.1) is 0 Å². The monoisotopic (exact) mass is 271 g/mol. The fourth-order valence-corrected chi connectivity index (χ4v) is 1.43. The van der Waals surface area contributed by atoms with Crippen LogP contribution in [0.1, 0.15) is 11.1 Å². The van der Waals surface area contributed by atoms with E-state index in [2.05, 4.69) is 14.5 Å². The molecule has 0 radical (unpaired) electrons. The Balaban J connectivity index is 3.30. The van der Waals surface area contributed by atoms with Crippen molar-refractivity contribution in [2.75, 3.05) is 7.11 Å². The first-order chi connectivity index (χ1) is 7.92. The molecule has 0 spiro atoms. The predicted molar refractivity (Wildman–Crippen MR) is 53.0 cm³/mol. The third kappa shape index (κ3) is 3.37. The summed E-state index contributed by atoms with van der Waals surface area (Å²) in [5.41, 5.74) is 0.151. The summed E-state index contributed by atoms with van der Waals surface area (Å²) in [6, 6.07) is 0. The van der Waals surface area contributed by atoms with E-state index in [9.17, 15) is 13.2 Å². The average molecular weight is 272 g/mol. The molecule has 1 aromatic heterocycles. The summed E-state index contributed by atoms with van der Waals surface area (Å²) in [5.74, 6) is -1.12. The van der Waals surface area contributed by atoms with Gasteiger partial charge in [0.05, 0.1) is 13.7 Å². The van der Waals surface area contributed by atoms with E-state index in [1.165, 1.54) is 6.20 Å². The Kier molecular flexibility index (Phi) is 4.41. The SMILES string of the molecule is COc1ncc(CCl)c(CO)c1OC(F)(F)F. The summed E-state index contributed by atoms with van der Waals surface area (Å²) in [6.45, 7) is -0.660. The Morgan fingerprint density at radius 2 is 2.12 bits per heavy atom. The topological polar surface area (TPSA) is 51.6 Å². The van der Waals surface area contributed by atoms with Crippen molar-refractivity contribution in [3.05, 3.63) is 17.3 Å². The number of halogens is 4. The molecule has 0 saturated heterocycles. The van der Waals surface area contributed by atoms with Gasteiger partial charge in [0.25, 0.3) is 5.88 Å². The first-order valence-electron chi connectivity index (χ1n) is 4.40. The highest BCUT2D eigenvalue weighted by atomic mass is 35.5. The van der Waals surface area contributed by atoms with E-state index in [0.29, 0.717) is 0 Å². The number of methoxy groups -OCH3 is 1. The van der Waals surface area contributed by atoms with Gasteiger partial charge in [0, 0.05) is 17.6 Å². The second-order valence-electron chi connectivity index (χ2n) is 2.94. The molecule has 0 bridgehead atoms. The summed E-state index contributed by atoms with van der Waals surface area (Å²) in [7, 11) is 1.15. The third-order valence-corrected chi connectivity index (χ3v) is 2.19. The van der Waals surface area contributed by atoms with Crippen LogP contribution in [-0.4, -0.2) is 23.6 Å². The molecular formula is C9H9ClF3NO3. The summed E-state index contributed by atoms with van der Waals surface area (Å²) < 4.78 is 45.0. The van der Waals surface area contributed by atoms with Crippen molar-refractivity contribution in [3.8, 4) is 11.6 Å². The van der Waals surface area contributed by atoms with Crippen molar-refractivity contribution in [1.82, 2.24) is 4.98 Å². The van der Waals surface area contributed by atoms with Crippen LogP contribution in [0.3, 0.4) is 0 Å². The van der Waals surface area contributed by atoms with Gasteiger partial charge in [0.15, 0.2) is 5.75 Å². The van der Waals surface area contributed by atoms with Crippen molar-refractivity contribution in [3.63, 3.8) is 0 Å². The van der Waals surface area contributed by atoms with Crippen LogP contribution < -0.4 is 9.47 Å². The molecule has 0 aromatic carbocycles. The van der Waals surface area contributed by atoms with Crippen molar-refractivity contribution < 1.29 is 27.8 Å². The van der Waals surface area contributed by atoms with Gasteiger partial charge in [-0.25, -0.2) is 4.98 Å². The molecule has 4 nitrogen and oxygen atoms in total. The second-order valence-corrected chi connectivity index (χ2v) is 3.21. The Hall–Kier alpha value is -1.21. The minimum atomic E-state index is -4.90. The normalized spacial score (nSPS) is 11.4. The van der Waals surface area contributed by atoms with Crippen LogP contribution in [0.4, 0.5) is 13.2 Å². The predicted octanol–water partition coefficient (Wildman–Crippen LogP) is 2.22. The molecule has 0 saturated carbocycles. The van der Waals surface area contributed by atoms with Gasteiger partial charge in [-0.1, -0.05) is 0 Å². The number of aliphatic hydroxyl groups excluding tert-OH is 1. The maximum absolute atomic E-state index is 12.2. The number of rotatable bonds is 4. The zero-order chi connectivity index (χ0) is 13.1. The number of aliphatic hydroxyl groups is 1. The van der Waals surface area contributed by atoms with Gasteiger partial charge in [-0.2, -0.15) is 0 Å². The lowest BCUT2D eigenvalue weighted by Crippen LogP contribution is -2.19. The minimum Gasteiger partial charge on any atom is -0.478 e. The molecule has 0 aliphatic carbocycles. The number of pyridine rings is 1. The Bertz CT molecular complexity index is 398. The van der Waals surface area contributed by atoms with Crippen molar-refractivity contribution in [1.29, 1.82) is 0 Å².